The highest BCUT2D eigenvalue weighted by Crippen LogP contribution is 2.22. The minimum Gasteiger partial charge on any atom is -0.497 e. The molecular formula is C20H33N5O2. The highest BCUT2D eigenvalue weighted by molar-refractivity contribution is 5.85. The second kappa shape index (κ2) is 10.6. The van der Waals surface area contributed by atoms with Gasteiger partial charge in [0.15, 0.2) is 5.96 Å². The molecule has 2 rings (SSSR count). The number of carbonyl (C=O) groups is 1. The van der Waals surface area contributed by atoms with Gasteiger partial charge in [-0.1, -0.05) is 19.4 Å². The smallest absolute Gasteiger partial charge is 0.243 e. The molecule has 1 aliphatic rings. The van der Waals surface area contributed by atoms with Gasteiger partial charge < -0.3 is 24.8 Å². The fourth-order valence-corrected chi connectivity index (χ4v) is 2.91. The zero-order valence-electron chi connectivity index (χ0n) is 17.1. The van der Waals surface area contributed by atoms with E-state index < -0.39 is 0 Å². The lowest BCUT2D eigenvalue weighted by molar-refractivity contribution is -0.127. The number of methoxy groups -OCH3 is 1. The van der Waals surface area contributed by atoms with Crippen molar-refractivity contribution >= 4 is 17.6 Å². The number of anilines is 1. The van der Waals surface area contributed by atoms with E-state index in [1.54, 1.807) is 26.1 Å². The largest absolute Gasteiger partial charge is 0.497 e. The van der Waals surface area contributed by atoms with E-state index in [0.717, 1.165) is 57.3 Å². The maximum Gasteiger partial charge on any atom is 0.243 e. The van der Waals surface area contributed by atoms with Crippen LogP contribution in [-0.2, 0) is 4.79 Å². The van der Waals surface area contributed by atoms with E-state index >= 15 is 0 Å². The van der Waals surface area contributed by atoms with E-state index in [0.29, 0.717) is 0 Å². The summed E-state index contributed by atoms with van der Waals surface area (Å²) >= 11 is 0. The van der Waals surface area contributed by atoms with Crippen molar-refractivity contribution in [2.75, 3.05) is 65.4 Å². The molecule has 0 bridgehead atoms. The molecule has 0 atom stereocenters. The number of guanidine groups is 1. The van der Waals surface area contributed by atoms with Crippen molar-refractivity contribution in [2.45, 2.75) is 19.8 Å². The number of hydrogen-bond donors (Lipinski definition) is 1. The molecule has 0 aromatic heterocycles. The van der Waals surface area contributed by atoms with Crippen LogP contribution < -0.4 is 15.0 Å². The predicted molar refractivity (Wildman–Crippen MR) is 111 cm³/mol. The number of unbranched alkanes of at least 4 members (excludes halogenated alkanes) is 1. The Hall–Kier alpha value is -2.44. The number of aliphatic imine (C=N–C) groups is 1. The summed E-state index contributed by atoms with van der Waals surface area (Å²) in [5, 5.41) is 3.42. The molecule has 150 valence electrons. The van der Waals surface area contributed by atoms with Crippen molar-refractivity contribution in [3.8, 4) is 5.75 Å². The maximum atomic E-state index is 11.9. The van der Waals surface area contributed by atoms with E-state index in [-0.39, 0.29) is 12.5 Å². The zero-order valence-corrected chi connectivity index (χ0v) is 17.1. The number of hydrogen-bond acceptors (Lipinski definition) is 4. The molecule has 0 unspecified atom stereocenters. The molecule has 27 heavy (non-hydrogen) atoms. The first-order chi connectivity index (χ1) is 13.0. The van der Waals surface area contributed by atoms with E-state index in [1.165, 1.54) is 5.69 Å². The quantitative estimate of drug-likeness (QED) is 0.446. The Balaban J connectivity index is 1.98. The van der Waals surface area contributed by atoms with E-state index in [9.17, 15) is 4.79 Å². The van der Waals surface area contributed by atoms with E-state index in [4.69, 9.17) is 4.74 Å². The Kier molecular flexibility index (Phi) is 8.23. The number of carbonyl (C=O) groups excluding carboxylic acids is 1. The van der Waals surface area contributed by atoms with Crippen molar-refractivity contribution < 1.29 is 9.53 Å². The highest BCUT2D eigenvalue weighted by Gasteiger charge is 2.20. The molecule has 1 aliphatic heterocycles. The fourth-order valence-electron chi connectivity index (χ4n) is 2.91. The third kappa shape index (κ3) is 6.34. The van der Waals surface area contributed by atoms with Crippen LogP contribution in [0.4, 0.5) is 5.69 Å². The van der Waals surface area contributed by atoms with E-state index in [2.05, 4.69) is 39.2 Å². The second-order valence-electron chi connectivity index (χ2n) is 6.88. The van der Waals surface area contributed by atoms with Crippen LogP contribution in [0, 0.1) is 0 Å². The molecule has 1 aromatic rings. The highest BCUT2D eigenvalue weighted by atomic mass is 16.5. The first-order valence-electron chi connectivity index (χ1n) is 9.67. The van der Waals surface area contributed by atoms with Gasteiger partial charge in [0.2, 0.25) is 5.91 Å². The Morgan fingerprint density at radius 2 is 2.00 bits per heavy atom. The number of benzene rings is 1. The van der Waals surface area contributed by atoms with Gasteiger partial charge in [0.1, 0.15) is 12.3 Å². The molecule has 1 aromatic carbocycles. The van der Waals surface area contributed by atoms with Gasteiger partial charge in [-0.2, -0.15) is 0 Å². The minimum absolute atomic E-state index is 0.0137. The molecule has 7 heteroatoms. The average Bonchev–Trinajstić information content (AvgIpc) is 2.70. The molecule has 0 saturated carbocycles. The van der Waals surface area contributed by atoms with Gasteiger partial charge in [0.25, 0.3) is 0 Å². The average molecular weight is 376 g/mol. The Morgan fingerprint density at radius 1 is 1.26 bits per heavy atom. The zero-order chi connectivity index (χ0) is 19.6. The molecule has 0 spiro atoms. The number of nitrogens with zero attached hydrogens (tertiary/aromatic N) is 4. The van der Waals surface area contributed by atoms with Gasteiger partial charge in [0.05, 0.1) is 7.11 Å². The van der Waals surface area contributed by atoms with Gasteiger partial charge in [0, 0.05) is 58.6 Å². The van der Waals surface area contributed by atoms with Crippen LogP contribution in [0.5, 0.6) is 5.75 Å². The molecule has 0 aliphatic carbocycles. The lowest BCUT2D eigenvalue weighted by Crippen LogP contribution is -2.53. The Labute approximate surface area is 163 Å². The van der Waals surface area contributed by atoms with Crippen LogP contribution in [0.25, 0.3) is 0 Å². The first kappa shape index (κ1) is 20.9. The topological polar surface area (TPSA) is 60.4 Å². The SMILES string of the molecule is CCCCNC(=NCC(=O)N(C)C)N1CCN(c2cccc(OC)c2)CC1. The fraction of sp³-hybridized carbons (Fsp3) is 0.600. The summed E-state index contributed by atoms with van der Waals surface area (Å²) < 4.78 is 5.33. The number of piperazine rings is 1. The Morgan fingerprint density at radius 3 is 2.63 bits per heavy atom. The molecule has 1 amide bonds. The molecule has 1 N–H and O–H groups in total. The van der Waals surface area contributed by atoms with E-state index in [1.807, 2.05) is 12.1 Å². The predicted octanol–water partition coefficient (Wildman–Crippen LogP) is 1.65. The third-order valence-electron chi connectivity index (χ3n) is 4.67. The lowest BCUT2D eigenvalue weighted by atomic mass is 10.2. The molecule has 1 fully saturated rings. The standard InChI is InChI=1S/C20H33N5O2/c1-5-6-10-21-20(22-16-19(26)23(2)3)25-13-11-24(12-14-25)17-8-7-9-18(15-17)27-4/h7-9,15H,5-6,10-14,16H2,1-4H3,(H,21,22). The van der Waals surface area contributed by atoms with Gasteiger partial charge in [-0.15, -0.1) is 0 Å². The normalized spacial score (nSPS) is 14.9. The molecule has 0 radical (unpaired) electrons. The van der Waals surface area contributed by atoms with Crippen molar-refractivity contribution in [1.29, 1.82) is 0 Å². The van der Waals surface area contributed by atoms with Crippen LogP contribution >= 0.6 is 0 Å². The summed E-state index contributed by atoms with van der Waals surface area (Å²) in [6.07, 6.45) is 2.21. The van der Waals surface area contributed by atoms with Crippen LogP contribution in [-0.4, -0.2) is 82.1 Å². The van der Waals surface area contributed by atoms with Crippen molar-refractivity contribution in [2.24, 2.45) is 4.99 Å². The second-order valence-corrected chi connectivity index (χ2v) is 6.88. The van der Waals surface area contributed by atoms with Crippen LogP contribution in [0.1, 0.15) is 19.8 Å². The van der Waals surface area contributed by atoms with Crippen LogP contribution in [0.3, 0.4) is 0 Å². The summed E-state index contributed by atoms with van der Waals surface area (Å²) in [6, 6.07) is 8.17. The molecule has 1 heterocycles. The molecule has 1 saturated heterocycles. The third-order valence-corrected chi connectivity index (χ3v) is 4.67. The van der Waals surface area contributed by atoms with Gasteiger partial charge in [-0.25, -0.2) is 4.99 Å². The van der Waals surface area contributed by atoms with Crippen LogP contribution in [0.15, 0.2) is 29.3 Å². The van der Waals surface area contributed by atoms with Gasteiger partial charge >= 0.3 is 0 Å². The number of likely N-dealkylation sites (N-methyl/N-ethyl adjacent to an activating group) is 1. The lowest BCUT2D eigenvalue weighted by Gasteiger charge is -2.38. The summed E-state index contributed by atoms with van der Waals surface area (Å²) in [5.74, 6) is 1.73. The van der Waals surface area contributed by atoms with Gasteiger partial charge in [-0.3, -0.25) is 4.79 Å². The number of nitrogens with one attached hydrogen (secondary N) is 1. The summed E-state index contributed by atoms with van der Waals surface area (Å²) in [5.41, 5.74) is 1.18. The van der Waals surface area contributed by atoms with Crippen LogP contribution in [0.2, 0.25) is 0 Å². The summed E-state index contributed by atoms with van der Waals surface area (Å²) in [6.45, 7) is 6.77. The first-order valence-corrected chi connectivity index (χ1v) is 9.67. The van der Waals surface area contributed by atoms with Gasteiger partial charge in [-0.05, 0) is 18.6 Å². The van der Waals surface area contributed by atoms with Crippen molar-refractivity contribution in [3.63, 3.8) is 0 Å². The number of rotatable bonds is 7. The molecular weight excluding hydrogens is 342 g/mol. The maximum absolute atomic E-state index is 11.9. The van der Waals surface area contributed by atoms with Crippen molar-refractivity contribution in [1.82, 2.24) is 15.1 Å². The monoisotopic (exact) mass is 375 g/mol. The molecule has 7 nitrogen and oxygen atoms in total. The van der Waals surface area contributed by atoms with Crippen molar-refractivity contribution in [3.05, 3.63) is 24.3 Å². The Bertz CT molecular complexity index is 625. The number of amides is 1. The summed E-state index contributed by atoms with van der Waals surface area (Å²) in [4.78, 5) is 22.7. The summed E-state index contributed by atoms with van der Waals surface area (Å²) in [7, 11) is 5.21. The minimum atomic E-state index is 0.0137. The number of ether oxygens (including phenoxy) is 1.